The highest BCUT2D eigenvalue weighted by Crippen LogP contribution is 2.44. The monoisotopic (exact) mass is 580 g/mol. The number of nitrogens with zero attached hydrogens (tertiary/aromatic N) is 8. The molecule has 4 aromatic heterocycles. The van der Waals surface area contributed by atoms with Crippen molar-refractivity contribution in [1.82, 2.24) is 44.3 Å². The molecule has 11 nitrogen and oxygen atoms in total. The van der Waals surface area contributed by atoms with E-state index < -0.39 is 11.4 Å². The third-order valence-corrected chi connectivity index (χ3v) is 9.29. The molecule has 2 N–H and O–H groups in total. The van der Waals surface area contributed by atoms with Crippen molar-refractivity contribution in [2.75, 3.05) is 18.0 Å². The first-order valence-corrected chi connectivity index (χ1v) is 13.2. The molecule has 2 aliphatic heterocycles. The number of fused-ring (bicyclic) bond motifs is 5. The summed E-state index contributed by atoms with van der Waals surface area (Å²) in [5.74, 6) is 0.812. The molecule has 1 saturated heterocycles. The first-order valence-electron chi connectivity index (χ1n) is 11.0. The van der Waals surface area contributed by atoms with Gasteiger partial charge < -0.3 is 9.45 Å². The van der Waals surface area contributed by atoms with Gasteiger partial charge in [-0.2, -0.15) is 15.2 Å². The summed E-state index contributed by atoms with van der Waals surface area (Å²) in [7, 11) is 0. The number of aromatic amines is 1. The summed E-state index contributed by atoms with van der Waals surface area (Å²) in [5.41, 5.74) is 2.58. The minimum Gasteiger partial charge on any atom is -0.598 e. The number of halogens is 1. The topological polar surface area (TPSA) is 128 Å². The fourth-order valence-electron chi connectivity index (χ4n) is 5.11. The molecule has 13 heteroatoms. The van der Waals surface area contributed by atoms with Crippen LogP contribution in [0, 0.1) is 3.70 Å². The lowest BCUT2D eigenvalue weighted by atomic mass is 9.72. The molecule has 6 heterocycles. The zero-order valence-electron chi connectivity index (χ0n) is 18.6. The van der Waals surface area contributed by atoms with Crippen LogP contribution in [0.2, 0.25) is 0 Å². The average Bonchev–Trinajstić information content (AvgIpc) is 3.54. The van der Waals surface area contributed by atoms with Crippen LogP contribution in [0.1, 0.15) is 39.3 Å². The fraction of sp³-hybridized carbons (Fsp3) is 0.550. The van der Waals surface area contributed by atoms with Crippen LogP contribution >= 0.6 is 22.6 Å². The van der Waals surface area contributed by atoms with Gasteiger partial charge in [0.2, 0.25) is 5.95 Å². The maximum Gasteiger partial charge on any atom is 0.214 e. The molecule has 0 aliphatic carbocycles. The largest absolute Gasteiger partial charge is 0.598 e. The van der Waals surface area contributed by atoms with E-state index in [1.165, 1.54) is 5.69 Å². The van der Waals surface area contributed by atoms with E-state index in [0.717, 1.165) is 53.2 Å². The Bertz CT molecular complexity index is 1330. The Morgan fingerprint density at radius 2 is 2.09 bits per heavy atom. The van der Waals surface area contributed by atoms with Gasteiger partial charge in [-0.25, -0.2) is 0 Å². The van der Waals surface area contributed by atoms with E-state index in [-0.39, 0.29) is 16.2 Å². The van der Waals surface area contributed by atoms with Crippen LogP contribution < -0.4 is 9.62 Å². The van der Waals surface area contributed by atoms with Crippen molar-refractivity contribution in [2.45, 2.75) is 56.4 Å². The van der Waals surface area contributed by atoms with Gasteiger partial charge in [0.05, 0.1) is 18.0 Å². The normalized spacial score (nSPS) is 21.4. The molecule has 2 aliphatic rings. The predicted molar refractivity (Wildman–Crippen MR) is 133 cm³/mol. The van der Waals surface area contributed by atoms with Crippen LogP contribution in [0.5, 0.6) is 0 Å². The van der Waals surface area contributed by atoms with Gasteiger partial charge in [0.25, 0.3) is 0 Å². The number of H-pyrrole nitrogens is 1. The molecule has 4 aromatic rings. The van der Waals surface area contributed by atoms with E-state index in [1.54, 1.807) is 6.33 Å². The van der Waals surface area contributed by atoms with E-state index in [2.05, 4.69) is 68.5 Å². The number of piperidine rings is 1. The maximum absolute atomic E-state index is 13.0. The average molecular weight is 580 g/mol. The van der Waals surface area contributed by atoms with Crippen LogP contribution in [0.25, 0.3) is 16.7 Å². The lowest BCUT2D eigenvalue weighted by molar-refractivity contribution is 0.274. The smallest absolute Gasteiger partial charge is 0.214 e. The number of hydrogen-bond acceptors (Lipinski definition) is 8. The zero-order valence-corrected chi connectivity index (χ0v) is 21.6. The van der Waals surface area contributed by atoms with E-state index in [9.17, 15) is 4.55 Å². The van der Waals surface area contributed by atoms with Crippen molar-refractivity contribution in [1.29, 1.82) is 0 Å². The number of hydrogen-bond donors (Lipinski definition) is 2. The van der Waals surface area contributed by atoms with Crippen molar-refractivity contribution < 1.29 is 4.55 Å². The minimum atomic E-state index is -1.15. The molecular weight excluding hydrogens is 555 g/mol. The molecule has 2 atom stereocenters. The Balaban J connectivity index is 1.32. The Morgan fingerprint density at radius 1 is 1.30 bits per heavy atom. The molecule has 0 saturated carbocycles. The molecule has 0 bridgehead atoms. The second kappa shape index (κ2) is 7.52. The van der Waals surface area contributed by atoms with Gasteiger partial charge in [-0.1, -0.05) is 0 Å². The standard InChI is InChI=1S/C20H25IN10OS/c1-19(2,3)33(32)28-12-10-31-13(4-7-23-31)20(12)5-8-29(9-6-20)18-24-16-14(15(21)25-26-16)17-27-22-11-30(17)18/h4,7,11-12,28H,5-6,8-10H2,1-3H3,(H,25,26)/t12-,33-/m1/s1. The minimum absolute atomic E-state index is 0.0722. The van der Waals surface area contributed by atoms with Gasteiger partial charge >= 0.3 is 0 Å². The van der Waals surface area contributed by atoms with Crippen LogP contribution in [-0.4, -0.2) is 68.0 Å². The number of aromatic nitrogens is 8. The fourth-order valence-corrected chi connectivity index (χ4v) is 6.64. The predicted octanol–water partition coefficient (Wildman–Crippen LogP) is 1.77. The van der Waals surface area contributed by atoms with Crippen molar-refractivity contribution in [3.05, 3.63) is 28.0 Å². The molecule has 0 amide bonds. The van der Waals surface area contributed by atoms with Crippen LogP contribution in [-0.2, 0) is 23.3 Å². The summed E-state index contributed by atoms with van der Waals surface area (Å²) >= 11 is 1.04. The van der Waals surface area contributed by atoms with Crippen molar-refractivity contribution >= 4 is 56.6 Å². The molecule has 0 radical (unpaired) electrons. The SMILES string of the molecule is CC(C)(C)[S@@+]([O-])N[C@@H]1Cn2nccc2C12CCN(c1nc3[nH]nc(I)c3c3nncn13)CC2. The van der Waals surface area contributed by atoms with Crippen molar-refractivity contribution in [3.63, 3.8) is 0 Å². The third-order valence-electron chi connectivity index (χ3n) is 6.89. The van der Waals surface area contributed by atoms with Gasteiger partial charge in [0.1, 0.15) is 14.8 Å². The van der Waals surface area contributed by atoms with E-state index >= 15 is 0 Å². The molecular formula is C20H25IN10OS. The van der Waals surface area contributed by atoms with Crippen LogP contribution in [0.15, 0.2) is 18.6 Å². The highest BCUT2D eigenvalue weighted by molar-refractivity contribution is 14.1. The Labute approximate surface area is 207 Å². The highest BCUT2D eigenvalue weighted by Gasteiger charge is 2.52. The molecule has 0 unspecified atom stereocenters. The summed E-state index contributed by atoms with van der Waals surface area (Å²) in [6.07, 6.45) is 5.39. The first-order chi connectivity index (χ1) is 15.8. The Morgan fingerprint density at radius 3 is 2.85 bits per heavy atom. The molecule has 1 spiro atoms. The van der Waals surface area contributed by atoms with E-state index in [0.29, 0.717) is 5.65 Å². The van der Waals surface area contributed by atoms with Gasteiger partial charge in [0.15, 0.2) is 11.3 Å². The van der Waals surface area contributed by atoms with Gasteiger partial charge in [-0.15, -0.1) is 14.9 Å². The number of rotatable bonds is 3. The van der Waals surface area contributed by atoms with Gasteiger partial charge in [-0.05, 0) is 62.3 Å². The van der Waals surface area contributed by atoms with Gasteiger partial charge in [-0.3, -0.25) is 14.2 Å². The molecule has 1 fully saturated rings. The van der Waals surface area contributed by atoms with Crippen LogP contribution in [0.4, 0.5) is 5.95 Å². The molecule has 6 rings (SSSR count). The third kappa shape index (κ3) is 3.26. The summed E-state index contributed by atoms with van der Waals surface area (Å²) in [6.45, 7) is 8.35. The molecule has 0 aromatic carbocycles. The van der Waals surface area contributed by atoms with Crippen molar-refractivity contribution in [3.8, 4) is 0 Å². The van der Waals surface area contributed by atoms with E-state index in [4.69, 9.17) is 4.98 Å². The Kier molecular flexibility index (Phi) is 4.91. The summed E-state index contributed by atoms with van der Waals surface area (Å²) in [4.78, 5) is 7.16. The summed E-state index contributed by atoms with van der Waals surface area (Å²) < 4.78 is 21.0. The van der Waals surface area contributed by atoms with E-state index in [1.807, 2.05) is 31.4 Å². The Hall–Kier alpha value is -1.97. The quantitative estimate of drug-likeness (QED) is 0.277. The first kappa shape index (κ1) is 21.6. The molecule has 33 heavy (non-hydrogen) atoms. The van der Waals surface area contributed by atoms with Gasteiger partial charge in [0, 0.05) is 41.8 Å². The number of anilines is 1. The zero-order chi connectivity index (χ0) is 23.0. The summed E-state index contributed by atoms with van der Waals surface area (Å²) in [6, 6.07) is 2.19. The molecule has 174 valence electrons. The lowest BCUT2D eigenvalue weighted by Crippen LogP contribution is -2.56. The lowest BCUT2D eigenvalue weighted by Gasteiger charge is -2.43. The second-order valence-corrected chi connectivity index (χ2v) is 12.8. The van der Waals surface area contributed by atoms with Crippen molar-refractivity contribution in [2.24, 2.45) is 0 Å². The highest BCUT2D eigenvalue weighted by atomic mass is 127. The summed E-state index contributed by atoms with van der Waals surface area (Å²) in [5, 5.41) is 21.2. The van der Waals surface area contributed by atoms with Crippen LogP contribution in [0.3, 0.4) is 0 Å². The maximum atomic E-state index is 13.0. The second-order valence-electron chi connectivity index (χ2n) is 9.77. The number of nitrogens with one attached hydrogen (secondary N) is 2.